The SMILES string of the molecule is C=C1CCC2C3CC(=C)C(C)(CCC)C(C)(CC)C3CCC12C. The topological polar surface area (TPSA) is 0 Å². The van der Waals surface area contributed by atoms with Crippen molar-refractivity contribution in [1.82, 2.24) is 0 Å². The molecule has 0 aliphatic heterocycles. The lowest BCUT2D eigenvalue weighted by atomic mass is 9.41. The number of hydrogen-bond donors (Lipinski definition) is 0. The molecule has 3 fully saturated rings. The standard InChI is InChI=1S/C23H38/c1-8-13-23(7)17(4)15-18-19-11-10-16(3)21(19,5)14-12-20(18)22(23,6)9-2/h18-20H,3-4,8-15H2,1-2,5-7H3. The van der Waals surface area contributed by atoms with Gasteiger partial charge in [-0.15, -0.1) is 0 Å². The lowest BCUT2D eigenvalue weighted by molar-refractivity contribution is -0.0978. The summed E-state index contributed by atoms with van der Waals surface area (Å²) < 4.78 is 0. The second-order valence-electron chi connectivity index (χ2n) is 9.64. The van der Waals surface area contributed by atoms with E-state index in [9.17, 15) is 0 Å². The fraction of sp³-hybridized carbons (Fsp3) is 0.826. The van der Waals surface area contributed by atoms with E-state index in [0.717, 1.165) is 17.8 Å². The highest BCUT2D eigenvalue weighted by Crippen LogP contribution is 2.70. The van der Waals surface area contributed by atoms with Crippen LogP contribution in [0.4, 0.5) is 0 Å². The van der Waals surface area contributed by atoms with E-state index in [4.69, 9.17) is 0 Å². The van der Waals surface area contributed by atoms with Crippen molar-refractivity contribution in [2.24, 2.45) is 34.0 Å². The van der Waals surface area contributed by atoms with Crippen LogP contribution < -0.4 is 0 Å². The molecule has 0 heteroatoms. The Morgan fingerprint density at radius 1 is 1.00 bits per heavy atom. The fourth-order valence-electron chi connectivity index (χ4n) is 7.21. The van der Waals surface area contributed by atoms with Gasteiger partial charge in [0.1, 0.15) is 0 Å². The molecule has 0 nitrogen and oxygen atoms in total. The van der Waals surface area contributed by atoms with Crippen LogP contribution in [0, 0.1) is 34.0 Å². The molecule has 0 aromatic carbocycles. The normalized spacial score (nSPS) is 49.9. The van der Waals surface area contributed by atoms with Crippen molar-refractivity contribution in [1.29, 1.82) is 0 Å². The third-order valence-electron chi connectivity index (χ3n) is 9.22. The van der Waals surface area contributed by atoms with Gasteiger partial charge in [-0.3, -0.25) is 0 Å². The second-order valence-corrected chi connectivity index (χ2v) is 9.64. The van der Waals surface area contributed by atoms with Crippen molar-refractivity contribution in [3.8, 4) is 0 Å². The van der Waals surface area contributed by atoms with E-state index >= 15 is 0 Å². The monoisotopic (exact) mass is 314 g/mol. The minimum absolute atomic E-state index is 0.334. The summed E-state index contributed by atoms with van der Waals surface area (Å²) in [6.07, 6.45) is 10.6. The van der Waals surface area contributed by atoms with E-state index in [-0.39, 0.29) is 0 Å². The first-order valence-corrected chi connectivity index (χ1v) is 10.1. The summed E-state index contributed by atoms with van der Waals surface area (Å²) in [5, 5.41) is 0. The van der Waals surface area contributed by atoms with Crippen LogP contribution in [0.1, 0.15) is 86.0 Å². The molecule has 0 spiro atoms. The summed E-state index contributed by atoms with van der Waals surface area (Å²) in [4.78, 5) is 0. The molecular weight excluding hydrogens is 276 g/mol. The predicted molar refractivity (Wildman–Crippen MR) is 101 cm³/mol. The van der Waals surface area contributed by atoms with E-state index in [1.165, 1.54) is 51.4 Å². The molecule has 3 rings (SSSR count). The number of rotatable bonds is 3. The van der Waals surface area contributed by atoms with Gasteiger partial charge in [-0.25, -0.2) is 0 Å². The largest absolute Gasteiger partial charge is 0.0993 e. The zero-order chi connectivity index (χ0) is 17.0. The predicted octanol–water partition coefficient (Wildman–Crippen LogP) is 7.17. The van der Waals surface area contributed by atoms with Crippen molar-refractivity contribution in [2.75, 3.05) is 0 Å². The third kappa shape index (κ3) is 2.09. The Balaban J connectivity index is 2.01. The van der Waals surface area contributed by atoms with Gasteiger partial charge < -0.3 is 0 Å². The molecule has 3 saturated carbocycles. The Labute approximate surface area is 144 Å². The summed E-state index contributed by atoms with van der Waals surface area (Å²) in [6, 6.07) is 0. The zero-order valence-electron chi connectivity index (χ0n) is 16.3. The van der Waals surface area contributed by atoms with Crippen LogP contribution in [0.25, 0.3) is 0 Å². The minimum atomic E-state index is 0.334. The van der Waals surface area contributed by atoms with Crippen LogP contribution >= 0.6 is 0 Å². The van der Waals surface area contributed by atoms with Crippen molar-refractivity contribution in [3.63, 3.8) is 0 Å². The summed E-state index contributed by atoms with van der Waals surface area (Å²) >= 11 is 0. The average molecular weight is 315 g/mol. The maximum absolute atomic E-state index is 4.65. The molecule has 6 atom stereocenters. The van der Waals surface area contributed by atoms with Gasteiger partial charge in [0.15, 0.2) is 0 Å². The molecule has 0 radical (unpaired) electrons. The molecular formula is C23H38. The van der Waals surface area contributed by atoms with E-state index < -0.39 is 0 Å². The molecule has 0 bridgehead atoms. The van der Waals surface area contributed by atoms with E-state index in [2.05, 4.69) is 47.8 Å². The molecule has 0 N–H and O–H groups in total. The molecule has 6 unspecified atom stereocenters. The van der Waals surface area contributed by atoms with Crippen LogP contribution in [0.5, 0.6) is 0 Å². The van der Waals surface area contributed by atoms with Crippen molar-refractivity contribution < 1.29 is 0 Å². The fourth-order valence-corrected chi connectivity index (χ4v) is 7.21. The Morgan fingerprint density at radius 3 is 2.30 bits per heavy atom. The van der Waals surface area contributed by atoms with E-state index in [1.54, 1.807) is 11.1 Å². The van der Waals surface area contributed by atoms with Crippen molar-refractivity contribution in [3.05, 3.63) is 24.3 Å². The van der Waals surface area contributed by atoms with Gasteiger partial charge in [0.05, 0.1) is 0 Å². The second kappa shape index (κ2) is 5.50. The van der Waals surface area contributed by atoms with Gasteiger partial charge in [0, 0.05) is 0 Å². The summed E-state index contributed by atoms with van der Waals surface area (Å²) in [6.45, 7) is 21.6. The Hall–Kier alpha value is -0.520. The third-order valence-corrected chi connectivity index (χ3v) is 9.22. The molecule has 0 aromatic rings. The van der Waals surface area contributed by atoms with Gasteiger partial charge in [0.25, 0.3) is 0 Å². The first-order valence-electron chi connectivity index (χ1n) is 10.1. The highest BCUT2D eigenvalue weighted by atomic mass is 14.7. The van der Waals surface area contributed by atoms with Gasteiger partial charge in [0.2, 0.25) is 0 Å². The summed E-state index contributed by atoms with van der Waals surface area (Å²) in [5.74, 6) is 2.61. The van der Waals surface area contributed by atoms with Crippen LogP contribution in [-0.4, -0.2) is 0 Å². The van der Waals surface area contributed by atoms with Gasteiger partial charge in [-0.05, 0) is 78.9 Å². The maximum atomic E-state index is 4.65. The first kappa shape index (κ1) is 17.3. The maximum Gasteiger partial charge on any atom is -0.00627 e. The minimum Gasteiger partial charge on any atom is -0.0993 e. The van der Waals surface area contributed by atoms with Crippen LogP contribution in [0.2, 0.25) is 0 Å². The Kier molecular flexibility index (Phi) is 4.14. The van der Waals surface area contributed by atoms with E-state index in [0.29, 0.717) is 16.2 Å². The van der Waals surface area contributed by atoms with Crippen LogP contribution in [0.15, 0.2) is 24.3 Å². The Morgan fingerprint density at radius 2 is 1.70 bits per heavy atom. The number of allylic oxidation sites excluding steroid dienone is 2. The summed E-state index contributed by atoms with van der Waals surface area (Å²) in [5.41, 5.74) is 4.29. The summed E-state index contributed by atoms with van der Waals surface area (Å²) in [7, 11) is 0. The molecule has 130 valence electrons. The van der Waals surface area contributed by atoms with Gasteiger partial charge in [-0.1, -0.05) is 65.3 Å². The first-order chi connectivity index (χ1) is 10.7. The lowest BCUT2D eigenvalue weighted by Crippen LogP contribution is -2.55. The molecule has 0 heterocycles. The molecule has 0 saturated heterocycles. The number of fused-ring (bicyclic) bond motifs is 3. The molecule has 0 amide bonds. The van der Waals surface area contributed by atoms with Crippen LogP contribution in [0.3, 0.4) is 0 Å². The lowest BCUT2D eigenvalue weighted by Gasteiger charge is -2.63. The quantitative estimate of drug-likeness (QED) is 0.484. The van der Waals surface area contributed by atoms with Crippen LogP contribution in [-0.2, 0) is 0 Å². The molecule has 3 aliphatic rings. The zero-order valence-corrected chi connectivity index (χ0v) is 16.3. The molecule has 0 aromatic heterocycles. The Bertz CT molecular complexity index is 514. The molecule has 3 aliphatic carbocycles. The van der Waals surface area contributed by atoms with E-state index in [1.807, 2.05) is 0 Å². The van der Waals surface area contributed by atoms with Crippen molar-refractivity contribution in [2.45, 2.75) is 86.0 Å². The number of hydrogen-bond acceptors (Lipinski definition) is 0. The highest BCUT2D eigenvalue weighted by Gasteiger charge is 2.61. The highest BCUT2D eigenvalue weighted by molar-refractivity contribution is 5.27. The van der Waals surface area contributed by atoms with Crippen molar-refractivity contribution >= 4 is 0 Å². The van der Waals surface area contributed by atoms with Gasteiger partial charge >= 0.3 is 0 Å². The van der Waals surface area contributed by atoms with Gasteiger partial charge in [-0.2, -0.15) is 0 Å². The smallest absolute Gasteiger partial charge is 0.00627 e. The molecule has 23 heavy (non-hydrogen) atoms. The average Bonchev–Trinajstić information content (AvgIpc) is 2.82.